The highest BCUT2D eigenvalue weighted by Crippen LogP contribution is 2.56. The lowest BCUT2D eigenvalue weighted by molar-refractivity contribution is -0.254. The zero-order valence-corrected chi connectivity index (χ0v) is 35.6. The van der Waals surface area contributed by atoms with Crippen LogP contribution in [0.2, 0.25) is 0 Å². The van der Waals surface area contributed by atoms with Crippen molar-refractivity contribution >= 4 is 35.1 Å². The van der Waals surface area contributed by atoms with Gasteiger partial charge < -0.3 is 55.6 Å². The Balaban J connectivity index is 0.000000344. The lowest BCUT2D eigenvalue weighted by Crippen LogP contribution is -2.53. The Kier molecular flexibility index (Phi) is 19.0. The van der Waals surface area contributed by atoms with Gasteiger partial charge in [-0.2, -0.15) is 0 Å². The van der Waals surface area contributed by atoms with Crippen LogP contribution in [0.25, 0.3) is 0 Å². The monoisotopic (exact) mass is 885 g/mol. The standard InChI is InChI=1S/C27H31NO10.2C10H10O3/c1-4-27(36)9-14(38-15-8-12(28-3)21(30)10(2)37-15)17-20(26(27)35)25(34)18-19(24(17)33)23(32)16-11(22(18)31)6-5-7-13(16)29;2*1-9(11)7-5-3-2-4-6-8-10(12)13/h5-7,10,12,14-15,21,26,28-30,33-36H,4,8-9H2,1-3H3;2*3-8H,1H3,(H,12,13)/b;2*7-5+,8-6+/t10-,12-,14-,15-,21+,26+,27+;;/m0../s1. The number of hydrogen-bond acceptors (Lipinski definition) is 15. The Morgan fingerprint density at radius 3 is 1.80 bits per heavy atom. The second-order valence-corrected chi connectivity index (χ2v) is 14.5. The number of likely N-dealkylation sites (N-methyl/N-ethyl adjacent to an activating group) is 1. The van der Waals surface area contributed by atoms with Crippen LogP contribution in [0.3, 0.4) is 0 Å². The number of carbonyl (C=O) groups is 6. The fourth-order valence-electron chi connectivity index (χ4n) is 6.86. The summed E-state index contributed by atoms with van der Waals surface area (Å²) >= 11 is 0. The van der Waals surface area contributed by atoms with Gasteiger partial charge in [-0.1, -0.05) is 31.2 Å². The largest absolute Gasteiger partial charge is 0.507 e. The van der Waals surface area contributed by atoms with E-state index in [2.05, 4.69) is 16.8 Å². The van der Waals surface area contributed by atoms with Crippen LogP contribution in [-0.2, 0) is 28.7 Å². The van der Waals surface area contributed by atoms with Crippen LogP contribution in [0, 0.1) is 0 Å². The van der Waals surface area contributed by atoms with E-state index in [0.29, 0.717) is 0 Å². The molecule has 2 aromatic rings. The van der Waals surface area contributed by atoms with Gasteiger partial charge in [0, 0.05) is 47.7 Å². The van der Waals surface area contributed by atoms with Gasteiger partial charge in [0.1, 0.15) is 23.4 Å². The summed E-state index contributed by atoms with van der Waals surface area (Å²) in [5.74, 6) is -5.71. The molecular weight excluding hydrogens is 835 g/mol. The van der Waals surface area contributed by atoms with Gasteiger partial charge in [0.05, 0.1) is 40.6 Å². The normalized spacial score (nSPS) is 23.3. The number of rotatable bonds is 12. The van der Waals surface area contributed by atoms with Crippen molar-refractivity contribution in [1.29, 1.82) is 0 Å². The zero-order chi connectivity index (χ0) is 47.9. The minimum atomic E-state index is -1.81. The number of ketones is 4. The Labute approximate surface area is 368 Å². The maximum Gasteiger partial charge on any atom is 0.328 e. The first-order chi connectivity index (χ1) is 30.2. The van der Waals surface area contributed by atoms with Crippen LogP contribution in [0.4, 0.5) is 0 Å². The van der Waals surface area contributed by atoms with Crippen LogP contribution in [0.1, 0.15) is 102 Å². The molecule has 9 N–H and O–H groups in total. The summed E-state index contributed by atoms with van der Waals surface area (Å²) in [5.41, 5.74) is 1.50. The third-order valence-corrected chi connectivity index (χ3v) is 10.0. The van der Waals surface area contributed by atoms with Gasteiger partial charge in [-0.05, 0) is 88.9 Å². The SMILES string of the molecule is CC(=O)/C=C/C=C=C/C=C/C(=O)O.CC(=O)/C=C/C=C=C/C=C/C(=O)O.CC[C@@]1(O)C[C@H](O[C@H]2C[C@H](NC)[C@H](O)[C@H](C)O2)c2c(O)c3c(c(O)c2[C@H]1O)C(=O)c1cccc(O)c1C3=O. The van der Waals surface area contributed by atoms with Crippen molar-refractivity contribution < 1.29 is 79.1 Å². The predicted octanol–water partition coefficient (Wildman–Crippen LogP) is 4.27. The number of aromatic hydroxyl groups is 3. The lowest BCUT2D eigenvalue weighted by atomic mass is 9.70. The molecule has 7 atom stereocenters. The number of allylic oxidation sites excluding steroid dienone is 8. The first kappa shape index (κ1) is 51.6. The maximum absolute atomic E-state index is 13.5. The Morgan fingerprint density at radius 2 is 1.31 bits per heavy atom. The summed E-state index contributed by atoms with van der Waals surface area (Å²) in [5, 5.41) is 85.3. The molecule has 2 aliphatic carbocycles. The molecule has 0 unspecified atom stereocenters. The number of fused-ring (bicyclic) bond motifs is 3. The molecule has 5 rings (SSSR count). The van der Waals surface area contributed by atoms with Gasteiger partial charge >= 0.3 is 11.9 Å². The topological polar surface area (TPSA) is 295 Å². The van der Waals surface area contributed by atoms with Crippen LogP contribution >= 0.6 is 0 Å². The summed E-state index contributed by atoms with van der Waals surface area (Å²) in [4.78, 5) is 67.6. The highest BCUT2D eigenvalue weighted by Gasteiger charge is 2.51. The van der Waals surface area contributed by atoms with Gasteiger partial charge in [0.25, 0.3) is 0 Å². The number of phenolic OH excluding ortho intramolecular Hbond substituents is 3. The van der Waals surface area contributed by atoms with Crippen molar-refractivity contribution in [2.45, 2.75) is 89.3 Å². The molecule has 1 heterocycles. The number of hydrogen-bond donors (Lipinski definition) is 9. The molecule has 2 aromatic carbocycles. The molecule has 0 aromatic heterocycles. The molecule has 1 saturated heterocycles. The number of carboxylic acid groups (broad SMARTS) is 2. The van der Waals surface area contributed by atoms with E-state index in [1.54, 1.807) is 20.9 Å². The van der Waals surface area contributed by atoms with E-state index >= 15 is 0 Å². The molecule has 0 saturated carbocycles. The summed E-state index contributed by atoms with van der Waals surface area (Å²) in [6, 6.07) is 3.53. The number of phenols is 3. The third-order valence-electron chi connectivity index (χ3n) is 10.0. The number of carbonyl (C=O) groups excluding carboxylic acids is 4. The van der Waals surface area contributed by atoms with E-state index in [1.165, 1.54) is 92.8 Å². The molecule has 64 heavy (non-hydrogen) atoms. The molecular formula is C47H51NO16. The van der Waals surface area contributed by atoms with E-state index in [9.17, 15) is 59.4 Å². The highest BCUT2D eigenvalue weighted by molar-refractivity contribution is 6.31. The lowest BCUT2D eigenvalue weighted by Gasteiger charge is -2.45. The summed E-state index contributed by atoms with van der Waals surface area (Å²) < 4.78 is 12.0. The second kappa shape index (κ2) is 23.6. The van der Waals surface area contributed by atoms with E-state index in [0.717, 1.165) is 12.2 Å². The van der Waals surface area contributed by atoms with Crippen molar-refractivity contribution in [1.82, 2.24) is 5.32 Å². The van der Waals surface area contributed by atoms with E-state index in [-0.39, 0.29) is 59.1 Å². The first-order valence-corrected chi connectivity index (χ1v) is 19.8. The van der Waals surface area contributed by atoms with Crippen molar-refractivity contribution in [3.05, 3.63) is 136 Å². The van der Waals surface area contributed by atoms with Crippen molar-refractivity contribution in [2.24, 2.45) is 0 Å². The molecule has 3 aliphatic rings. The Hall–Kier alpha value is -6.78. The quantitative estimate of drug-likeness (QED) is 0.0531. The van der Waals surface area contributed by atoms with Crippen LogP contribution in [0.5, 0.6) is 17.2 Å². The van der Waals surface area contributed by atoms with E-state index in [4.69, 9.17) is 19.7 Å². The number of aliphatic carboxylic acids is 2. The predicted molar refractivity (Wildman–Crippen MR) is 230 cm³/mol. The molecule has 1 fully saturated rings. The number of aliphatic hydroxyl groups is 3. The van der Waals surface area contributed by atoms with Crippen LogP contribution in [0.15, 0.2) is 103 Å². The van der Waals surface area contributed by atoms with Crippen molar-refractivity contribution in [3.8, 4) is 17.2 Å². The number of ether oxygens (including phenoxy) is 2. The summed E-state index contributed by atoms with van der Waals surface area (Å²) in [7, 11) is 1.68. The summed E-state index contributed by atoms with van der Waals surface area (Å²) in [6.07, 6.45) is 11.2. The highest BCUT2D eigenvalue weighted by atomic mass is 16.7. The molecule has 0 amide bonds. The fraction of sp³-hybridized carbons (Fsp3) is 0.319. The van der Waals surface area contributed by atoms with E-state index < -0.39 is 88.2 Å². The minimum Gasteiger partial charge on any atom is -0.507 e. The van der Waals surface area contributed by atoms with Gasteiger partial charge in [0.2, 0.25) is 5.78 Å². The molecule has 0 radical (unpaired) electrons. The molecule has 0 spiro atoms. The smallest absolute Gasteiger partial charge is 0.328 e. The first-order valence-electron chi connectivity index (χ1n) is 19.8. The fourth-order valence-corrected chi connectivity index (χ4v) is 6.86. The number of carboxylic acids is 2. The summed E-state index contributed by atoms with van der Waals surface area (Å²) in [6.45, 7) is 6.18. The van der Waals surface area contributed by atoms with Crippen LogP contribution in [-0.4, -0.2) is 113 Å². The van der Waals surface area contributed by atoms with E-state index in [1.807, 2.05) is 0 Å². The minimum absolute atomic E-state index is 0.0358. The molecule has 0 bridgehead atoms. The second-order valence-electron chi connectivity index (χ2n) is 14.5. The maximum atomic E-state index is 13.5. The molecule has 1 aliphatic heterocycles. The molecule has 340 valence electrons. The van der Waals surface area contributed by atoms with Crippen LogP contribution < -0.4 is 5.32 Å². The average Bonchev–Trinajstić information content (AvgIpc) is 3.23. The molecule has 17 heteroatoms. The van der Waals surface area contributed by atoms with Crippen molar-refractivity contribution in [3.63, 3.8) is 0 Å². The molecule has 17 nitrogen and oxygen atoms in total. The zero-order valence-electron chi connectivity index (χ0n) is 35.6. The van der Waals surface area contributed by atoms with Gasteiger partial charge in [-0.15, -0.1) is 11.5 Å². The Bertz CT molecular complexity index is 2260. The number of benzene rings is 2. The van der Waals surface area contributed by atoms with Gasteiger partial charge in [-0.25, -0.2) is 9.59 Å². The number of aliphatic hydroxyl groups excluding tert-OH is 2. The van der Waals surface area contributed by atoms with Gasteiger partial charge in [-0.3, -0.25) is 19.2 Å². The third kappa shape index (κ3) is 13.1. The van der Waals surface area contributed by atoms with Gasteiger partial charge in [0.15, 0.2) is 23.6 Å². The Morgan fingerprint density at radius 1 is 0.812 bits per heavy atom. The van der Waals surface area contributed by atoms with Crippen molar-refractivity contribution in [2.75, 3.05) is 7.05 Å². The average molecular weight is 886 g/mol. The number of nitrogens with one attached hydrogen (secondary N) is 1.